The molecule has 0 aliphatic rings. The van der Waals surface area contributed by atoms with Gasteiger partial charge in [0.05, 0.1) is 12.2 Å². The number of hydrogen-bond acceptors (Lipinski definition) is 3. The van der Waals surface area contributed by atoms with Crippen LogP contribution in [0.1, 0.15) is 17.3 Å². The Bertz CT molecular complexity index is 446. The van der Waals surface area contributed by atoms with Gasteiger partial charge in [0.25, 0.3) is 5.78 Å². The van der Waals surface area contributed by atoms with Crippen LogP contribution in [0.25, 0.3) is 0 Å². The number of rotatable bonds is 3. The molecule has 6 heteroatoms. The average Bonchev–Trinajstić information content (AvgIpc) is 2.24. The third-order valence-corrected chi connectivity index (χ3v) is 3.75. The quantitative estimate of drug-likeness (QED) is 0.363. The average molecular weight is 354 g/mol. The number of Topliss-reactive ketones (excluding diaryl/α,β-unsaturated/α-hetero) is 1. The Hall–Kier alpha value is -0.750. The first-order valence-corrected chi connectivity index (χ1v) is 5.92. The molecule has 0 amide bonds. The molecule has 16 heavy (non-hydrogen) atoms. The van der Waals surface area contributed by atoms with Gasteiger partial charge in [-0.15, -0.1) is 0 Å². The van der Waals surface area contributed by atoms with Crippen molar-refractivity contribution in [3.8, 4) is 0 Å². The van der Waals surface area contributed by atoms with Crippen LogP contribution in [-0.4, -0.2) is 18.4 Å². The van der Waals surface area contributed by atoms with Gasteiger partial charge in [-0.05, 0) is 50.9 Å². The number of benzene rings is 1. The first-order chi connectivity index (χ1) is 7.49. The molecular weight excluding hydrogens is 347 g/mol. The van der Waals surface area contributed by atoms with Crippen LogP contribution < -0.4 is 0 Å². The van der Waals surface area contributed by atoms with E-state index in [1.54, 1.807) is 6.92 Å². The molecule has 0 aromatic heterocycles. The third kappa shape index (κ3) is 2.68. The van der Waals surface area contributed by atoms with Gasteiger partial charge in [0, 0.05) is 8.95 Å². The van der Waals surface area contributed by atoms with E-state index in [1.165, 1.54) is 6.07 Å². The van der Waals surface area contributed by atoms with E-state index < -0.39 is 17.6 Å². The predicted octanol–water partition coefficient (Wildman–Crippen LogP) is 3.10. The van der Waals surface area contributed by atoms with E-state index in [1.807, 2.05) is 0 Å². The van der Waals surface area contributed by atoms with E-state index in [9.17, 15) is 14.0 Å². The number of carbonyl (C=O) groups is 2. The van der Waals surface area contributed by atoms with E-state index in [0.29, 0.717) is 4.47 Å². The highest BCUT2D eigenvalue weighted by molar-refractivity contribution is 9.13. The van der Waals surface area contributed by atoms with Gasteiger partial charge in [0.2, 0.25) is 0 Å². The van der Waals surface area contributed by atoms with Crippen molar-refractivity contribution in [2.75, 3.05) is 6.61 Å². The molecule has 1 aromatic rings. The minimum atomic E-state index is -1.07. The second-order valence-electron chi connectivity index (χ2n) is 2.77. The van der Waals surface area contributed by atoms with Crippen molar-refractivity contribution >= 4 is 43.6 Å². The first-order valence-electron chi connectivity index (χ1n) is 4.34. The van der Waals surface area contributed by atoms with Crippen LogP contribution >= 0.6 is 31.9 Å². The van der Waals surface area contributed by atoms with Crippen LogP contribution in [0.2, 0.25) is 0 Å². The molecule has 0 unspecified atom stereocenters. The molecule has 3 nitrogen and oxygen atoms in total. The molecule has 1 aromatic carbocycles. The van der Waals surface area contributed by atoms with E-state index in [4.69, 9.17) is 0 Å². The lowest BCUT2D eigenvalue weighted by molar-refractivity contribution is -0.137. The SMILES string of the molecule is CCOC(=O)C(=O)c1c(F)ccc(Br)c1Br. The lowest BCUT2D eigenvalue weighted by atomic mass is 10.1. The number of ketones is 1. The minimum absolute atomic E-state index is 0.0673. The summed E-state index contributed by atoms with van der Waals surface area (Å²) in [6, 6.07) is 2.53. The van der Waals surface area contributed by atoms with Crippen LogP contribution in [0, 0.1) is 5.82 Å². The molecule has 0 N–H and O–H groups in total. The van der Waals surface area contributed by atoms with Crippen molar-refractivity contribution in [1.29, 1.82) is 0 Å². The van der Waals surface area contributed by atoms with E-state index in [0.717, 1.165) is 6.07 Å². The molecule has 0 spiro atoms. The second kappa shape index (κ2) is 5.54. The number of esters is 1. The topological polar surface area (TPSA) is 43.4 Å². The number of hydrogen-bond donors (Lipinski definition) is 0. The standard InChI is InChI=1S/C10H7Br2FO3/c1-2-16-10(15)9(14)7-6(13)4-3-5(11)8(7)12/h3-4H,2H2,1H3. The Balaban J connectivity index is 3.18. The fraction of sp³-hybridized carbons (Fsp3) is 0.200. The molecule has 0 bridgehead atoms. The van der Waals surface area contributed by atoms with Gasteiger partial charge in [-0.25, -0.2) is 9.18 Å². The van der Waals surface area contributed by atoms with Crippen molar-refractivity contribution in [2.24, 2.45) is 0 Å². The summed E-state index contributed by atoms with van der Waals surface area (Å²) in [7, 11) is 0. The Kier molecular flexibility index (Phi) is 4.61. The molecule has 0 heterocycles. The highest BCUT2D eigenvalue weighted by atomic mass is 79.9. The van der Waals surface area contributed by atoms with Crippen LogP contribution in [0.5, 0.6) is 0 Å². The van der Waals surface area contributed by atoms with Crippen molar-refractivity contribution in [3.05, 3.63) is 32.5 Å². The zero-order valence-corrected chi connectivity index (χ0v) is 11.4. The Morgan fingerprint density at radius 2 is 2.00 bits per heavy atom. The normalized spacial score (nSPS) is 10.0. The van der Waals surface area contributed by atoms with Gasteiger partial charge in [0.15, 0.2) is 0 Å². The Labute approximate surface area is 108 Å². The number of ether oxygens (including phenoxy) is 1. The van der Waals surface area contributed by atoms with Gasteiger partial charge in [-0.3, -0.25) is 4.79 Å². The molecule has 0 atom stereocenters. The van der Waals surface area contributed by atoms with Crippen molar-refractivity contribution in [3.63, 3.8) is 0 Å². The van der Waals surface area contributed by atoms with E-state index in [-0.39, 0.29) is 16.6 Å². The highest BCUT2D eigenvalue weighted by Gasteiger charge is 2.25. The predicted molar refractivity (Wildman–Crippen MR) is 62.8 cm³/mol. The van der Waals surface area contributed by atoms with Crippen molar-refractivity contribution < 1.29 is 18.7 Å². The number of carbonyl (C=O) groups excluding carboxylic acids is 2. The van der Waals surface area contributed by atoms with Gasteiger partial charge in [-0.2, -0.15) is 0 Å². The summed E-state index contributed by atoms with van der Waals surface area (Å²) < 4.78 is 18.6. The van der Waals surface area contributed by atoms with E-state index >= 15 is 0 Å². The molecule has 0 radical (unpaired) electrons. The lowest BCUT2D eigenvalue weighted by Crippen LogP contribution is -2.19. The summed E-state index contributed by atoms with van der Waals surface area (Å²) in [5.41, 5.74) is -0.326. The van der Waals surface area contributed by atoms with E-state index in [2.05, 4.69) is 36.6 Å². The van der Waals surface area contributed by atoms with Crippen LogP contribution in [0.15, 0.2) is 21.1 Å². The maximum atomic E-state index is 13.4. The summed E-state index contributed by atoms with van der Waals surface area (Å²) in [5.74, 6) is -2.85. The zero-order valence-electron chi connectivity index (χ0n) is 8.22. The lowest BCUT2D eigenvalue weighted by Gasteiger charge is -2.06. The second-order valence-corrected chi connectivity index (χ2v) is 4.42. The monoisotopic (exact) mass is 352 g/mol. The summed E-state index contributed by atoms with van der Waals surface area (Å²) >= 11 is 6.15. The van der Waals surface area contributed by atoms with Crippen molar-refractivity contribution in [1.82, 2.24) is 0 Å². The minimum Gasteiger partial charge on any atom is -0.460 e. The van der Waals surface area contributed by atoms with Crippen LogP contribution in [0.4, 0.5) is 4.39 Å². The maximum Gasteiger partial charge on any atom is 0.379 e. The molecule has 0 fully saturated rings. The molecule has 0 aliphatic carbocycles. The summed E-state index contributed by atoms with van der Waals surface area (Å²) in [4.78, 5) is 22.7. The van der Waals surface area contributed by atoms with Gasteiger partial charge in [-0.1, -0.05) is 0 Å². The van der Waals surface area contributed by atoms with Crippen LogP contribution in [0.3, 0.4) is 0 Å². The van der Waals surface area contributed by atoms with Gasteiger partial charge < -0.3 is 4.74 Å². The fourth-order valence-corrected chi connectivity index (χ4v) is 1.87. The number of halogens is 3. The highest BCUT2D eigenvalue weighted by Crippen LogP contribution is 2.29. The van der Waals surface area contributed by atoms with Gasteiger partial charge in [0.1, 0.15) is 5.82 Å². The molecule has 1 rings (SSSR count). The largest absolute Gasteiger partial charge is 0.460 e. The van der Waals surface area contributed by atoms with Crippen LogP contribution in [-0.2, 0) is 9.53 Å². The zero-order chi connectivity index (χ0) is 12.3. The summed E-state index contributed by atoms with van der Waals surface area (Å²) in [6.45, 7) is 1.63. The Morgan fingerprint density at radius 3 is 2.56 bits per heavy atom. The molecule has 86 valence electrons. The molecule has 0 saturated heterocycles. The summed E-state index contributed by atoms with van der Waals surface area (Å²) in [5, 5.41) is 0. The smallest absolute Gasteiger partial charge is 0.379 e. The first kappa shape index (κ1) is 13.3. The van der Waals surface area contributed by atoms with Crippen molar-refractivity contribution in [2.45, 2.75) is 6.92 Å². The Morgan fingerprint density at radius 1 is 1.38 bits per heavy atom. The maximum absolute atomic E-state index is 13.4. The fourth-order valence-electron chi connectivity index (χ4n) is 1.03. The summed E-state index contributed by atoms with van der Waals surface area (Å²) in [6.07, 6.45) is 0. The third-order valence-electron chi connectivity index (χ3n) is 1.73. The molecule has 0 saturated carbocycles. The molecular formula is C10H7Br2FO3. The van der Waals surface area contributed by atoms with Gasteiger partial charge >= 0.3 is 5.97 Å². The molecule has 0 aliphatic heterocycles.